The van der Waals surface area contributed by atoms with Crippen LogP contribution < -0.4 is 10.6 Å². The van der Waals surface area contributed by atoms with E-state index in [9.17, 15) is 8.78 Å². The molecule has 1 aliphatic rings. The Morgan fingerprint density at radius 2 is 1.90 bits per heavy atom. The van der Waals surface area contributed by atoms with Crippen LogP contribution in [0.4, 0.5) is 8.78 Å². The van der Waals surface area contributed by atoms with Gasteiger partial charge in [0.1, 0.15) is 11.6 Å². The first-order chi connectivity index (χ1) is 14.1. The normalized spacial score (nSPS) is 15.9. The molecule has 5 nitrogen and oxygen atoms in total. The third-order valence-electron chi connectivity index (χ3n) is 5.09. The molecule has 164 valence electrons. The van der Waals surface area contributed by atoms with Crippen molar-refractivity contribution >= 4 is 29.9 Å². The van der Waals surface area contributed by atoms with Gasteiger partial charge in [-0.2, -0.15) is 0 Å². The lowest BCUT2D eigenvalue weighted by Gasteiger charge is -2.35. The second-order valence-corrected chi connectivity index (χ2v) is 7.11. The summed E-state index contributed by atoms with van der Waals surface area (Å²) in [7, 11) is 1.71. The lowest BCUT2D eigenvalue weighted by Crippen LogP contribution is -2.46. The standard InChI is InChI=1S/C22H28F2N4O.HI/c1-16-12-17(6-7-20(16)24)14-26-22(25-2)27-15-21(28-8-10-29-11-9-28)18-4-3-5-19(23)13-18;/h3-7,12-13,21H,8-11,14-15H2,1-2H3,(H2,25,26,27);1H. The van der Waals surface area contributed by atoms with Crippen LogP contribution in [0.2, 0.25) is 0 Å². The molecule has 0 spiro atoms. The van der Waals surface area contributed by atoms with Crippen molar-refractivity contribution in [2.75, 3.05) is 39.9 Å². The van der Waals surface area contributed by atoms with Crippen LogP contribution >= 0.6 is 24.0 Å². The number of ether oxygens (including phenoxy) is 1. The van der Waals surface area contributed by atoms with Crippen molar-refractivity contribution in [2.45, 2.75) is 19.5 Å². The maximum absolute atomic E-state index is 13.8. The van der Waals surface area contributed by atoms with Gasteiger partial charge >= 0.3 is 0 Å². The highest BCUT2D eigenvalue weighted by atomic mass is 127. The molecule has 0 radical (unpaired) electrons. The zero-order valence-corrected chi connectivity index (χ0v) is 19.7. The highest BCUT2D eigenvalue weighted by Crippen LogP contribution is 2.22. The SMILES string of the molecule is CN=C(NCc1ccc(F)c(C)c1)NCC(c1cccc(F)c1)N1CCOCC1.I. The number of hydrogen-bond acceptors (Lipinski definition) is 3. The number of aliphatic imine (C=N–C) groups is 1. The molecule has 1 aliphatic heterocycles. The number of aryl methyl sites for hydroxylation is 1. The second-order valence-electron chi connectivity index (χ2n) is 7.11. The minimum atomic E-state index is -0.241. The molecule has 0 aliphatic carbocycles. The zero-order valence-electron chi connectivity index (χ0n) is 17.3. The number of halogens is 3. The Labute approximate surface area is 193 Å². The fourth-order valence-electron chi connectivity index (χ4n) is 3.48. The molecular formula is C22H29F2IN4O. The van der Waals surface area contributed by atoms with Gasteiger partial charge in [0.25, 0.3) is 0 Å². The van der Waals surface area contributed by atoms with Gasteiger partial charge in [0.15, 0.2) is 5.96 Å². The highest BCUT2D eigenvalue weighted by molar-refractivity contribution is 14.0. The number of rotatable bonds is 6. The summed E-state index contributed by atoms with van der Waals surface area (Å²) in [5, 5.41) is 6.59. The Bertz CT molecular complexity index is 844. The Morgan fingerprint density at radius 3 is 2.57 bits per heavy atom. The van der Waals surface area contributed by atoms with Gasteiger partial charge in [-0.05, 0) is 41.8 Å². The third kappa shape index (κ3) is 6.88. The summed E-state index contributed by atoms with van der Waals surface area (Å²) in [6.45, 7) is 5.78. The predicted octanol–water partition coefficient (Wildman–Crippen LogP) is 3.63. The molecule has 3 rings (SSSR count). The predicted molar refractivity (Wildman–Crippen MR) is 126 cm³/mol. The maximum atomic E-state index is 13.8. The minimum absolute atomic E-state index is 0. The Hall–Kier alpha value is -1.78. The van der Waals surface area contributed by atoms with E-state index >= 15 is 0 Å². The average molecular weight is 530 g/mol. The minimum Gasteiger partial charge on any atom is -0.379 e. The van der Waals surface area contributed by atoms with E-state index < -0.39 is 0 Å². The van der Waals surface area contributed by atoms with Gasteiger partial charge in [0.2, 0.25) is 0 Å². The summed E-state index contributed by atoms with van der Waals surface area (Å²) < 4.78 is 32.7. The molecule has 1 unspecified atom stereocenters. The van der Waals surface area contributed by atoms with Gasteiger partial charge in [0, 0.05) is 33.2 Å². The lowest BCUT2D eigenvalue weighted by atomic mass is 10.0. The summed E-state index contributed by atoms with van der Waals surface area (Å²) in [6.07, 6.45) is 0. The molecule has 8 heteroatoms. The monoisotopic (exact) mass is 530 g/mol. The first kappa shape index (κ1) is 24.5. The number of benzene rings is 2. The fraction of sp³-hybridized carbons (Fsp3) is 0.409. The Kier molecular flexibility index (Phi) is 9.93. The van der Waals surface area contributed by atoms with Crippen molar-refractivity contribution in [1.29, 1.82) is 0 Å². The molecule has 0 bridgehead atoms. The van der Waals surface area contributed by atoms with Crippen molar-refractivity contribution in [1.82, 2.24) is 15.5 Å². The smallest absolute Gasteiger partial charge is 0.191 e. The van der Waals surface area contributed by atoms with E-state index in [1.54, 1.807) is 32.2 Å². The number of nitrogens with one attached hydrogen (secondary N) is 2. The summed E-state index contributed by atoms with van der Waals surface area (Å²) in [4.78, 5) is 6.57. The first-order valence-corrected chi connectivity index (χ1v) is 9.83. The van der Waals surface area contributed by atoms with Crippen LogP contribution in [0, 0.1) is 18.6 Å². The number of morpholine rings is 1. The number of nitrogens with zero attached hydrogens (tertiary/aromatic N) is 2. The first-order valence-electron chi connectivity index (χ1n) is 9.83. The quantitative estimate of drug-likeness (QED) is 0.341. The Morgan fingerprint density at radius 1 is 1.13 bits per heavy atom. The van der Waals surface area contributed by atoms with Gasteiger partial charge in [-0.15, -0.1) is 24.0 Å². The summed E-state index contributed by atoms with van der Waals surface area (Å²) in [5.74, 6) is 0.191. The van der Waals surface area contributed by atoms with Gasteiger partial charge in [-0.1, -0.05) is 24.3 Å². The van der Waals surface area contributed by atoms with Crippen molar-refractivity contribution < 1.29 is 13.5 Å². The molecule has 2 aromatic rings. The van der Waals surface area contributed by atoms with Gasteiger partial charge in [0.05, 0.1) is 19.3 Å². The van der Waals surface area contributed by atoms with Crippen LogP contribution in [0.3, 0.4) is 0 Å². The topological polar surface area (TPSA) is 48.9 Å². The van der Waals surface area contributed by atoms with Crippen molar-refractivity contribution in [2.24, 2.45) is 4.99 Å². The summed E-state index contributed by atoms with van der Waals surface area (Å²) >= 11 is 0. The molecule has 0 aromatic heterocycles. The van der Waals surface area contributed by atoms with E-state index in [1.165, 1.54) is 12.1 Å². The molecule has 30 heavy (non-hydrogen) atoms. The van der Waals surface area contributed by atoms with Crippen LogP contribution in [0.5, 0.6) is 0 Å². The van der Waals surface area contributed by atoms with Gasteiger partial charge in [-0.25, -0.2) is 8.78 Å². The summed E-state index contributed by atoms with van der Waals surface area (Å²) in [5.41, 5.74) is 2.51. The van der Waals surface area contributed by atoms with Crippen molar-refractivity contribution in [3.63, 3.8) is 0 Å². The van der Waals surface area contributed by atoms with E-state index in [2.05, 4.69) is 20.5 Å². The second kappa shape index (κ2) is 12.2. The average Bonchev–Trinajstić information content (AvgIpc) is 2.74. The van der Waals surface area contributed by atoms with Crippen LogP contribution in [0.25, 0.3) is 0 Å². The third-order valence-corrected chi connectivity index (χ3v) is 5.09. The van der Waals surface area contributed by atoms with Crippen molar-refractivity contribution in [3.05, 3.63) is 70.8 Å². The number of guanidine groups is 1. The highest BCUT2D eigenvalue weighted by Gasteiger charge is 2.23. The lowest BCUT2D eigenvalue weighted by molar-refractivity contribution is 0.0169. The van der Waals surface area contributed by atoms with E-state index in [-0.39, 0.29) is 41.7 Å². The van der Waals surface area contributed by atoms with Crippen LogP contribution in [0.15, 0.2) is 47.5 Å². The van der Waals surface area contributed by atoms with E-state index in [0.29, 0.717) is 37.8 Å². The molecule has 0 saturated carbocycles. The van der Waals surface area contributed by atoms with Gasteiger partial charge < -0.3 is 15.4 Å². The Balaban J connectivity index is 0.00000320. The molecule has 1 heterocycles. The van der Waals surface area contributed by atoms with E-state index in [4.69, 9.17) is 4.74 Å². The molecule has 2 aromatic carbocycles. The summed E-state index contributed by atoms with van der Waals surface area (Å²) in [6, 6.07) is 11.8. The molecule has 1 saturated heterocycles. The molecule has 1 atom stereocenters. The fourth-order valence-corrected chi connectivity index (χ4v) is 3.48. The van der Waals surface area contributed by atoms with E-state index in [1.807, 2.05) is 12.1 Å². The largest absolute Gasteiger partial charge is 0.379 e. The van der Waals surface area contributed by atoms with E-state index in [0.717, 1.165) is 24.2 Å². The number of hydrogen-bond donors (Lipinski definition) is 2. The molecular weight excluding hydrogens is 501 g/mol. The van der Waals surface area contributed by atoms with Gasteiger partial charge in [-0.3, -0.25) is 9.89 Å². The van der Waals surface area contributed by atoms with Crippen LogP contribution in [-0.4, -0.2) is 50.8 Å². The van der Waals surface area contributed by atoms with Crippen molar-refractivity contribution in [3.8, 4) is 0 Å². The molecule has 1 fully saturated rings. The van der Waals surface area contributed by atoms with Crippen LogP contribution in [-0.2, 0) is 11.3 Å². The van der Waals surface area contributed by atoms with Crippen LogP contribution in [0.1, 0.15) is 22.7 Å². The maximum Gasteiger partial charge on any atom is 0.191 e. The molecule has 2 N–H and O–H groups in total. The zero-order chi connectivity index (χ0) is 20.6. The molecule has 0 amide bonds.